The Bertz CT molecular complexity index is 989. The number of benzene rings is 1. The lowest BCUT2D eigenvalue weighted by Gasteiger charge is -2.26. The Morgan fingerprint density at radius 3 is 2.73 bits per heavy atom. The lowest BCUT2D eigenvalue weighted by molar-refractivity contribution is 0.0726. The van der Waals surface area contributed by atoms with Gasteiger partial charge in [0.2, 0.25) is 6.79 Å². The van der Waals surface area contributed by atoms with E-state index in [-0.39, 0.29) is 12.7 Å². The topological polar surface area (TPSA) is 56.1 Å². The number of carbonyl (C=O) groups is 1. The quantitative estimate of drug-likeness (QED) is 0.712. The van der Waals surface area contributed by atoms with Gasteiger partial charge in [-0.3, -0.25) is 4.79 Å². The van der Waals surface area contributed by atoms with Crippen molar-refractivity contribution < 1.29 is 14.3 Å². The number of pyridine rings is 1. The van der Waals surface area contributed by atoms with Gasteiger partial charge in [-0.15, -0.1) is 0 Å². The molecule has 5 rings (SSSR count). The van der Waals surface area contributed by atoms with Gasteiger partial charge in [0.05, 0.1) is 23.0 Å². The van der Waals surface area contributed by atoms with Crippen LogP contribution in [0.1, 0.15) is 29.6 Å². The van der Waals surface area contributed by atoms with Gasteiger partial charge in [-0.05, 0) is 49.6 Å². The number of ether oxygens (including phenoxy) is 2. The van der Waals surface area contributed by atoms with E-state index in [0.29, 0.717) is 5.56 Å². The van der Waals surface area contributed by atoms with E-state index in [1.807, 2.05) is 45.8 Å². The molecule has 0 N–H and O–H groups in total. The van der Waals surface area contributed by atoms with Crippen molar-refractivity contribution in [1.29, 1.82) is 0 Å². The van der Waals surface area contributed by atoms with E-state index in [4.69, 9.17) is 9.47 Å². The van der Waals surface area contributed by atoms with E-state index >= 15 is 0 Å². The van der Waals surface area contributed by atoms with E-state index in [1.54, 1.807) is 6.20 Å². The predicted octanol–water partition coefficient (Wildman–Crippen LogP) is 3.36. The summed E-state index contributed by atoms with van der Waals surface area (Å²) in [7, 11) is 0. The Morgan fingerprint density at radius 1 is 1.00 bits per heavy atom. The fraction of sp³-hybridized carbons (Fsp3) is 0.300. The first-order valence-corrected chi connectivity index (χ1v) is 8.97. The monoisotopic (exact) mass is 349 g/mol. The van der Waals surface area contributed by atoms with Gasteiger partial charge in [0.1, 0.15) is 0 Å². The molecule has 0 spiro atoms. The molecule has 0 aliphatic carbocycles. The van der Waals surface area contributed by atoms with E-state index in [1.165, 1.54) is 6.42 Å². The van der Waals surface area contributed by atoms with Gasteiger partial charge in [-0.1, -0.05) is 6.07 Å². The average Bonchev–Trinajstić information content (AvgIpc) is 3.34. The number of nitrogens with zero attached hydrogens (tertiary/aromatic N) is 3. The standard InChI is InChI=1S/C20H19N3O3/c24-20(22-9-2-1-3-10-22)15-12-21-23-16(5-4-6-17(15)23)14-7-8-18-19(11-14)26-13-25-18/h4-8,11-12H,1-3,9-10,13H2. The maximum atomic E-state index is 12.9. The molecular formula is C20H19N3O3. The Labute approximate surface area is 150 Å². The number of rotatable bonds is 2. The second kappa shape index (κ2) is 6.05. The Hall–Kier alpha value is -3.02. The van der Waals surface area contributed by atoms with Crippen LogP contribution in [0.5, 0.6) is 11.5 Å². The molecule has 0 radical (unpaired) electrons. The van der Waals surface area contributed by atoms with Crippen molar-refractivity contribution in [3.05, 3.63) is 48.2 Å². The fourth-order valence-corrected chi connectivity index (χ4v) is 3.72. The third-order valence-electron chi connectivity index (χ3n) is 5.08. The first kappa shape index (κ1) is 15.3. The molecule has 0 atom stereocenters. The fourth-order valence-electron chi connectivity index (χ4n) is 3.72. The number of likely N-dealkylation sites (tertiary alicyclic amines) is 1. The minimum absolute atomic E-state index is 0.0718. The molecule has 26 heavy (non-hydrogen) atoms. The van der Waals surface area contributed by atoms with Crippen LogP contribution in [0, 0.1) is 0 Å². The largest absolute Gasteiger partial charge is 0.454 e. The van der Waals surface area contributed by atoms with Crippen LogP contribution in [-0.2, 0) is 0 Å². The average molecular weight is 349 g/mol. The van der Waals surface area contributed by atoms with Gasteiger partial charge in [0.15, 0.2) is 11.5 Å². The molecule has 0 bridgehead atoms. The zero-order valence-corrected chi connectivity index (χ0v) is 14.4. The highest BCUT2D eigenvalue weighted by Crippen LogP contribution is 2.36. The lowest BCUT2D eigenvalue weighted by atomic mass is 10.1. The number of amides is 1. The number of aromatic nitrogens is 2. The number of fused-ring (bicyclic) bond motifs is 2. The van der Waals surface area contributed by atoms with Crippen LogP contribution < -0.4 is 9.47 Å². The summed E-state index contributed by atoms with van der Waals surface area (Å²) in [6.07, 6.45) is 5.04. The van der Waals surface area contributed by atoms with E-state index in [2.05, 4.69) is 5.10 Å². The summed E-state index contributed by atoms with van der Waals surface area (Å²) in [5, 5.41) is 4.50. The van der Waals surface area contributed by atoms with Crippen LogP contribution in [0.3, 0.4) is 0 Å². The summed E-state index contributed by atoms with van der Waals surface area (Å²) in [5.41, 5.74) is 3.38. The van der Waals surface area contributed by atoms with E-state index < -0.39 is 0 Å². The van der Waals surface area contributed by atoms with Crippen LogP contribution in [0.15, 0.2) is 42.6 Å². The van der Waals surface area contributed by atoms with Crippen LogP contribution in [0.4, 0.5) is 0 Å². The molecular weight excluding hydrogens is 330 g/mol. The lowest BCUT2D eigenvalue weighted by Crippen LogP contribution is -2.35. The predicted molar refractivity (Wildman–Crippen MR) is 96.5 cm³/mol. The van der Waals surface area contributed by atoms with Gasteiger partial charge in [0.25, 0.3) is 5.91 Å². The number of piperidine rings is 1. The Kier molecular flexibility index (Phi) is 3.55. The number of carbonyl (C=O) groups excluding carboxylic acids is 1. The smallest absolute Gasteiger partial charge is 0.257 e. The molecule has 4 heterocycles. The van der Waals surface area contributed by atoms with Gasteiger partial charge in [0, 0.05) is 18.7 Å². The second-order valence-electron chi connectivity index (χ2n) is 6.69. The highest BCUT2D eigenvalue weighted by molar-refractivity contribution is 6.01. The van der Waals surface area contributed by atoms with Crippen LogP contribution in [-0.4, -0.2) is 40.3 Å². The van der Waals surface area contributed by atoms with Crippen molar-refractivity contribution in [2.45, 2.75) is 19.3 Å². The Morgan fingerprint density at radius 2 is 1.85 bits per heavy atom. The van der Waals surface area contributed by atoms with E-state index in [9.17, 15) is 4.79 Å². The van der Waals surface area contributed by atoms with Crippen molar-refractivity contribution in [3.8, 4) is 22.8 Å². The van der Waals surface area contributed by atoms with Crippen LogP contribution in [0.25, 0.3) is 16.8 Å². The molecule has 6 nitrogen and oxygen atoms in total. The molecule has 1 amide bonds. The third kappa shape index (κ3) is 2.41. The van der Waals surface area contributed by atoms with Crippen LogP contribution in [0.2, 0.25) is 0 Å². The maximum Gasteiger partial charge on any atom is 0.257 e. The third-order valence-corrected chi connectivity index (χ3v) is 5.08. The van der Waals surface area contributed by atoms with Crippen molar-refractivity contribution >= 4 is 11.4 Å². The maximum absolute atomic E-state index is 12.9. The zero-order valence-electron chi connectivity index (χ0n) is 14.4. The first-order valence-electron chi connectivity index (χ1n) is 8.97. The van der Waals surface area contributed by atoms with Crippen molar-refractivity contribution in [2.75, 3.05) is 19.9 Å². The normalized spacial score (nSPS) is 16.2. The number of hydrogen-bond donors (Lipinski definition) is 0. The summed E-state index contributed by atoms with van der Waals surface area (Å²) in [4.78, 5) is 14.9. The minimum Gasteiger partial charge on any atom is -0.454 e. The molecule has 3 aromatic rings. The molecule has 6 heteroatoms. The van der Waals surface area contributed by atoms with E-state index in [0.717, 1.165) is 54.2 Å². The van der Waals surface area contributed by atoms with Gasteiger partial charge in [-0.25, -0.2) is 4.52 Å². The van der Waals surface area contributed by atoms with Gasteiger partial charge in [-0.2, -0.15) is 5.10 Å². The van der Waals surface area contributed by atoms with Crippen molar-refractivity contribution in [1.82, 2.24) is 14.5 Å². The first-order chi connectivity index (χ1) is 12.8. The molecule has 2 aliphatic heterocycles. The molecule has 2 aliphatic rings. The summed E-state index contributed by atoms with van der Waals surface area (Å²) >= 11 is 0. The summed E-state index contributed by atoms with van der Waals surface area (Å²) in [5.74, 6) is 1.56. The highest BCUT2D eigenvalue weighted by Gasteiger charge is 2.22. The summed E-state index contributed by atoms with van der Waals surface area (Å²) < 4.78 is 12.7. The molecule has 1 aromatic carbocycles. The number of hydrogen-bond acceptors (Lipinski definition) is 4. The molecule has 0 saturated carbocycles. The summed E-state index contributed by atoms with van der Waals surface area (Å²) in [6, 6.07) is 11.7. The second-order valence-corrected chi connectivity index (χ2v) is 6.69. The zero-order chi connectivity index (χ0) is 17.5. The SMILES string of the molecule is O=C(c1cnn2c(-c3ccc4c(c3)OCO4)cccc12)N1CCCCC1. The van der Waals surface area contributed by atoms with Gasteiger partial charge >= 0.3 is 0 Å². The van der Waals surface area contributed by atoms with Crippen molar-refractivity contribution in [2.24, 2.45) is 0 Å². The minimum atomic E-state index is 0.0718. The molecule has 0 unspecified atom stereocenters. The molecule has 1 saturated heterocycles. The Balaban J connectivity index is 1.56. The van der Waals surface area contributed by atoms with Gasteiger partial charge < -0.3 is 14.4 Å². The highest BCUT2D eigenvalue weighted by atomic mass is 16.7. The van der Waals surface area contributed by atoms with Crippen LogP contribution >= 0.6 is 0 Å². The summed E-state index contributed by atoms with van der Waals surface area (Å²) in [6.45, 7) is 1.91. The molecule has 1 fully saturated rings. The molecule has 2 aromatic heterocycles. The van der Waals surface area contributed by atoms with Crippen molar-refractivity contribution in [3.63, 3.8) is 0 Å². The molecule has 132 valence electrons.